The molecule has 1 aliphatic heterocycles. The molecule has 1 heterocycles. The minimum absolute atomic E-state index is 0.678. The van der Waals surface area contributed by atoms with Crippen LogP contribution in [0.25, 0.3) is 0 Å². The van der Waals surface area contributed by atoms with E-state index in [0.717, 1.165) is 6.04 Å². The molecule has 1 unspecified atom stereocenters. The van der Waals surface area contributed by atoms with Crippen molar-refractivity contribution in [2.24, 2.45) is 5.41 Å². The van der Waals surface area contributed by atoms with Crippen LogP contribution in [0.15, 0.2) is 0 Å². The molecule has 0 aromatic rings. The molecule has 0 spiro atoms. The predicted octanol–water partition coefficient (Wildman–Crippen LogP) is 1.91. The van der Waals surface area contributed by atoms with Crippen molar-refractivity contribution in [2.45, 2.75) is 51.5 Å². The number of piperidine rings is 1. The lowest BCUT2D eigenvalue weighted by atomic mass is 9.67. The van der Waals surface area contributed by atoms with Gasteiger partial charge < -0.3 is 10.6 Å². The van der Waals surface area contributed by atoms with Gasteiger partial charge >= 0.3 is 0 Å². The lowest BCUT2D eigenvalue weighted by Gasteiger charge is -2.43. The molecule has 0 amide bonds. The largest absolute Gasteiger partial charge is 0.315 e. The number of rotatable bonds is 4. The Morgan fingerprint density at radius 2 is 2.21 bits per heavy atom. The highest BCUT2D eigenvalue weighted by Gasteiger charge is 2.35. The third kappa shape index (κ3) is 2.29. The molecule has 0 aromatic heterocycles. The quantitative estimate of drug-likeness (QED) is 0.717. The highest BCUT2D eigenvalue weighted by atomic mass is 15.0. The first-order valence-corrected chi connectivity index (χ1v) is 6.29. The summed E-state index contributed by atoms with van der Waals surface area (Å²) in [5.74, 6) is 0. The fourth-order valence-electron chi connectivity index (χ4n) is 2.72. The van der Waals surface area contributed by atoms with E-state index in [2.05, 4.69) is 17.6 Å². The Balaban J connectivity index is 1.69. The van der Waals surface area contributed by atoms with Gasteiger partial charge in [0, 0.05) is 19.1 Å². The minimum atomic E-state index is 0.678. The summed E-state index contributed by atoms with van der Waals surface area (Å²) in [5.41, 5.74) is 0.678. The number of nitrogens with one attached hydrogen (secondary N) is 2. The van der Waals surface area contributed by atoms with E-state index < -0.39 is 0 Å². The molecule has 2 rings (SSSR count). The molecule has 0 bridgehead atoms. The zero-order chi connectivity index (χ0) is 9.86. The molecule has 2 fully saturated rings. The van der Waals surface area contributed by atoms with Crippen LogP contribution in [-0.2, 0) is 0 Å². The van der Waals surface area contributed by atoms with E-state index in [4.69, 9.17) is 0 Å². The molecule has 2 heteroatoms. The monoisotopic (exact) mass is 196 g/mol. The van der Waals surface area contributed by atoms with Gasteiger partial charge in [-0.15, -0.1) is 0 Å². The molecular weight excluding hydrogens is 172 g/mol. The van der Waals surface area contributed by atoms with Gasteiger partial charge in [-0.1, -0.05) is 13.3 Å². The zero-order valence-electron chi connectivity index (χ0n) is 9.44. The van der Waals surface area contributed by atoms with Crippen molar-refractivity contribution < 1.29 is 0 Å². The zero-order valence-corrected chi connectivity index (χ0v) is 9.44. The highest BCUT2D eigenvalue weighted by Crippen LogP contribution is 2.43. The summed E-state index contributed by atoms with van der Waals surface area (Å²) in [7, 11) is 0. The van der Waals surface area contributed by atoms with Gasteiger partial charge in [0.2, 0.25) is 0 Å². The first kappa shape index (κ1) is 10.4. The molecule has 14 heavy (non-hydrogen) atoms. The summed E-state index contributed by atoms with van der Waals surface area (Å²) in [6.45, 7) is 6.01. The molecule has 1 saturated carbocycles. The van der Waals surface area contributed by atoms with Gasteiger partial charge in [0.25, 0.3) is 0 Å². The maximum atomic E-state index is 3.75. The molecule has 1 aliphatic carbocycles. The summed E-state index contributed by atoms with van der Waals surface area (Å²) in [5, 5.41) is 7.22. The average molecular weight is 196 g/mol. The van der Waals surface area contributed by atoms with Crippen molar-refractivity contribution in [1.82, 2.24) is 10.6 Å². The van der Waals surface area contributed by atoms with Crippen molar-refractivity contribution in [3.05, 3.63) is 0 Å². The van der Waals surface area contributed by atoms with E-state index in [9.17, 15) is 0 Å². The van der Waals surface area contributed by atoms with Crippen molar-refractivity contribution in [3.8, 4) is 0 Å². The van der Waals surface area contributed by atoms with Crippen LogP contribution in [0.4, 0.5) is 0 Å². The lowest BCUT2D eigenvalue weighted by molar-refractivity contribution is 0.117. The van der Waals surface area contributed by atoms with Crippen LogP contribution in [0.1, 0.15) is 45.4 Å². The van der Waals surface area contributed by atoms with Crippen molar-refractivity contribution in [2.75, 3.05) is 19.6 Å². The van der Waals surface area contributed by atoms with Crippen LogP contribution in [-0.4, -0.2) is 25.7 Å². The third-order valence-electron chi connectivity index (χ3n) is 4.23. The Hall–Kier alpha value is -0.0800. The highest BCUT2D eigenvalue weighted by molar-refractivity contribution is 4.90. The van der Waals surface area contributed by atoms with E-state index in [-0.39, 0.29) is 0 Å². The van der Waals surface area contributed by atoms with E-state index in [1.165, 1.54) is 58.2 Å². The van der Waals surface area contributed by atoms with Crippen molar-refractivity contribution in [1.29, 1.82) is 0 Å². The standard InChI is InChI=1S/C12H24N2/c1-2-12(6-4-7-12)10-14-11-5-3-8-13-9-11/h11,13-14H,2-10H2,1H3. The van der Waals surface area contributed by atoms with Crippen LogP contribution >= 0.6 is 0 Å². The van der Waals surface area contributed by atoms with E-state index in [1.54, 1.807) is 0 Å². The molecule has 0 radical (unpaired) electrons. The van der Waals surface area contributed by atoms with Crippen LogP contribution < -0.4 is 10.6 Å². The van der Waals surface area contributed by atoms with E-state index in [0.29, 0.717) is 5.41 Å². The van der Waals surface area contributed by atoms with Gasteiger partial charge in [-0.25, -0.2) is 0 Å². The Kier molecular flexibility index (Phi) is 3.45. The summed E-state index contributed by atoms with van der Waals surface area (Å²) in [4.78, 5) is 0. The predicted molar refractivity (Wildman–Crippen MR) is 60.5 cm³/mol. The topological polar surface area (TPSA) is 24.1 Å². The number of hydrogen-bond donors (Lipinski definition) is 2. The molecule has 1 atom stereocenters. The molecule has 82 valence electrons. The van der Waals surface area contributed by atoms with Gasteiger partial charge in [0.05, 0.1) is 0 Å². The van der Waals surface area contributed by atoms with Gasteiger partial charge in [-0.05, 0) is 44.1 Å². The Bertz CT molecular complexity index is 164. The summed E-state index contributed by atoms with van der Waals surface area (Å²) < 4.78 is 0. The first-order valence-electron chi connectivity index (χ1n) is 6.29. The second kappa shape index (κ2) is 4.63. The maximum absolute atomic E-state index is 3.75. The first-order chi connectivity index (χ1) is 6.85. The van der Waals surface area contributed by atoms with Crippen molar-refractivity contribution >= 4 is 0 Å². The average Bonchev–Trinajstić information content (AvgIpc) is 2.19. The molecule has 2 nitrogen and oxygen atoms in total. The normalized spacial score (nSPS) is 31.1. The summed E-state index contributed by atoms with van der Waals surface area (Å²) in [6, 6.07) is 0.743. The maximum Gasteiger partial charge on any atom is 0.0193 e. The van der Waals surface area contributed by atoms with E-state index in [1.807, 2.05) is 0 Å². The second-order valence-electron chi connectivity index (χ2n) is 5.13. The van der Waals surface area contributed by atoms with Gasteiger partial charge in [-0.2, -0.15) is 0 Å². The molecule has 2 aliphatic rings. The molecule has 2 N–H and O–H groups in total. The fourth-order valence-corrected chi connectivity index (χ4v) is 2.72. The Morgan fingerprint density at radius 1 is 1.36 bits per heavy atom. The summed E-state index contributed by atoms with van der Waals surface area (Å²) >= 11 is 0. The van der Waals surface area contributed by atoms with Crippen LogP contribution in [0.5, 0.6) is 0 Å². The summed E-state index contributed by atoms with van der Waals surface area (Å²) in [6.07, 6.45) is 8.44. The third-order valence-corrected chi connectivity index (χ3v) is 4.23. The van der Waals surface area contributed by atoms with Gasteiger partial charge in [0.15, 0.2) is 0 Å². The fraction of sp³-hybridized carbons (Fsp3) is 1.00. The number of hydrogen-bond acceptors (Lipinski definition) is 2. The van der Waals surface area contributed by atoms with Crippen LogP contribution in [0.2, 0.25) is 0 Å². The smallest absolute Gasteiger partial charge is 0.0193 e. The lowest BCUT2D eigenvalue weighted by Crippen LogP contribution is -2.48. The minimum Gasteiger partial charge on any atom is -0.315 e. The molecule has 0 aromatic carbocycles. The van der Waals surface area contributed by atoms with Crippen molar-refractivity contribution in [3.63, 3.8) is 0 Å². The molecular formula is C12H24N2. The Labute approximate surface area is 87.8 Å². The van der Waals surface area contributed by atoms with Gasteiger partial charge in [0.1, 0.15) is 0 Å². The van der Waals surface area contributed by atoms with Crippen LogP contribution in [0, 0.1) is 5.41 Å². The van der Waals surface area contributed by atoms with Crippen LogP contribution in [0.3, 0.4) is 0 Å². The Morgan fingerprint density at radius 3 is 2.71 bits per heavy atom. The SMILES string of the molecule is CCC1(CNC2CCCNC2)CCC1. The molecule has 1 saturated heterocycles. The second-order valence-corrected chi connectivity index (χ2v) is 5.13. The van der Waals surface area contributed by atoms with Gasteiger partial charge in [-0.3, -0.25) is 0 Å². The van der Waals surface area contributed by atoms with E-state index >= 15 is 0 Å².